The Morgan fingerprint density at radius 2 is 1.74 bits per heavy atom. The Balaban J connectivity index is 1.32. The van der Waals surface area contributed by atoms with Crippen LogP contribution in [-0.4, -0.2) is 45.4 Å². The van der Waals surface area contributed by atoms with Crippen LogP contribution in [0.2, 0.25) is 0 Å². The Kier molecular flexibility index (Phi) is 7.54. The Morgan fingerprint density at radius 3 is 2.47 bits per heavy atom. The van der Waals surface area contributed by atoms with Crippen LogP contribution in [0.25, 0.3) is 11.0 Å². The van der Waals surface area contributed by atoms with Crippen molar-refractivity contribution in [1.82, 2.24) is 20.2 Å². The lowest BCUT2D eigenvalue weighted by Gasteiger charge is -2.27. The number of likely N-dealkylation sites (tertiary alicyclic amines) is 1. The van der Waals surface area contributed by atoms with Gasteiger partial charge < -0.3 is 15.2 Å². The fourth-order valence-corrected chi connectivity index (χ4v) is 5.23. The van der Waals surface area contributed by atoms with Gasteiger partial charge in [-0.2, -0.15) is 0 Å². The number of amides is 2. The molecule has 5 rings (SSSR count). The molecule has 38 heavy (non-hydrogen) atoms. The van der Waals surface area contributed by atoms with Crippen molar-refractivity contribution in [3.63, 3.8) is 0 Å². The number of rotatable bonds is 8. The van der Waals surface area contributed by atoms with Crippen LogP contribution in [-0.2, 0) is 16.0 Å². The first-order valence-corrected chi connectivity index (χ1v) is 13.2. The number of halogens is 1. The Hall–Kier alpha value is -4.00. The predicted octanol–water partition coefficient (Wildman–Crippen LogP) is 5.46. The minimum Gasteiger partial charge on any atom is -0.346 e. The van der Waals surface area contributed by atoms with Crippen molar-refractivity contribution < 1.29 is 14.0 Å². The van der Waals surface area contributed by atoms with Crippen LogP contribution < -0.4 is 5.32 Å². The zero-order valence-electron chi connectivity index (χ0n) is 21.7. The molecule has 0 radical (unpaired) electrons. The maximum atomic E-state index is 14.6. The van der Waals surface area contributed by atoms with E-state index in [2.05, 4.69) is 41.3 Å². The summed E-state index contributed by atoms with van der Waals surface area (Å²) in [5.74, 6) is -0.161. The molecule has 2 N–H and O–H groups in total. The molecule has 2 aromatic heterocycles. The molecular formula is C31H33FN4O2. The van der Waals surface area contributed by atoms with E-state index in [1.165, 1.54) is 10.5 Å². The van der Waals surface area contributed by atoms with Crippen molar-refractivity contribution in [3.05, 3.63) is 101 Å². The van der Waals surface area contributed by atoms with E-state index in [0.29, 0.717) is 12.3 Å². The van der Waals surface area contributed by atoms with E-state index in [1.807, 2.05) is 60.8 Å². The number of carbonyl (C=O) groups excluding carboxylic acids is 2. The number of aryl methyl sites for hydroxylation is 1. The van der Waals surface area contributed by atoms with Gasteiger partial charge in [0.25, 0.3) is 0 Å². The van der Waals surface area contributed by atoms with E-state index < -0.39 is 18.3 Å². The highest BCUT2D eigenvalue weighted by molar-refractivity contribution is 5.89. The predicted molar refractivity (Wildman–Crippen MR) is 146 cm³/mol. The summed E-state index contributed by atoms with van der Waals surface area (Å²) >= 11 is 0. The number of nitrogens with one attached hydrogen (secondary N) is 2. The lowest BCUT2D eigenvalue weighted by Crippen LogP contribution is -2.47. The molecule has 7 heteroatoms. The number of carbonyl (C=O) groups is 2. The smallest absolute Gasteiger partial charge is 0.243 e. The fraction of sp³-hybridized carbons (Fsp3) is 0.323. The van der Waals surface area contributed by atoms with Crippen LogP contribution in [0.15, 0.2) is 79.1 Å². The largest absolute Gasteiger partial charge is 0.346 e. The molecule has 0 bridgehead atoms. The average molecular weight is 513 g/mol. The average Bonchev–Trinajstić information content (AvgIpc) is 3.54. The number of alkyl halides is 1. The van der Waals surface area contributed by atoms with Gasteiger partial charge in [-0.05, 0) is 46.7 Å². The van der Waals surface area contributed by atoms with Crippen molar-refractivity contribution >= 4 is 22.8 Å². The Labute approximate surface area is 222 Å². The highest BCUT2D eigenvalue weighted by Gasteiger charge is 2.40. The van der Waals surface area contributed by atoms with Gasteiger partial charge in [-0.25, -0.2) is 9.37 Å². The lowest BCUT2D eigenvalue weighted by molar-refractivity contribution is -0.138. The first-order valence-electron chi connectivity index (χ1n) is 13.2. The van der Waals surface area contributed by atoms with E-state index in [4.69, 9.17) is 0 Å². The van der Waals surface area contributed by atoms with Gasteiger partial charge in [0.05, 0.1) is 12.6 Å². The topological polar surface area (TPSA) is 78.1 Å². The Bertz CT molecular complexity index is 1400. The van der Waals surface area contributed by atoms with Crippen LogP contribution >= 0.6 is 0 Å². The number of aromatic nitrogens is 2. The van der Waals surface area contributed by atoms with Crippen LogP contribution in [0.1, 0.15) is 60.9 Å². The van der Waals surface area contributed by atoms with Crippen molar-refractivity contribution in [2.24, 2.45) is 0 Å². The third-order valence-corrected chi connectivity index (χ3v) is 7.37. The summed E-state index contributed by atoms with van der Waals surface area (Å²) in [6.45, 7) is 4.21. The number of nitrogens with zero attached hydrogens (tertiary/aromatic N) is 2. The second-order valence-corrected chi connectivity index (χ2v) is 10.3. The molecule has 2 amide bonds. The van der Waals surface area contributed by atoms with Crippen molar-refractivity contribution in [1.29, 1.82) is 0 Å². The number of fused-ring (bicyclic) bond motifs is 1. The first-order chi connectivity index (χ1) is 18.4. The SMILES string of the molecule is CC(C)c1ccc([C@@H](NC(=O)[C@@H]2C[C@@H](F)CN2C(=O)CCc2c[nH]c3ncccc23)c2ccccc2)cc1. The summed E-state index contributed by atoms with van der Waals surface area (Å²) in [4.78, 5) is 35.6. The van der Waals surface area contributed by atoms with Gasteiger partial charge in [0.1, 0.15) is 17.9 Å². The molecule has 0 unspecified atom stereocenters. The molecule has 0 aliphatic carbocycles. The lowest BCUT2D eigenvalue weighted by atomic mass is 9.95. The van der Waals surface area contributed by atoms with E-state index in [-0.39, 0.29) is 31.2 Å². The Morgan fingerprint density at radius 1 is 1.03 bits per heavy atom. The highest BCUT2D eigenvalue weighted by Crippen LogP contribution is 2.28. The zero-order valence-corrected chi connectivity index (χ0v) is 21.7. The number of pyridine rings is 1. The molecule has 1 fully saturated rings. The van der Waals surface area contributed by atoms with Crippen molar-refractivity contribution in [2.45, 2.75) is 57.3 Å². The van der Waals surface area contributed by atoms with Gasteiger partial charge in [0, 0.05) is 30.6 Å². The molecule has 196 valence electrons. The maximum absolute atomic E-state index is 14.6. The third kappa shape index (κ3) is 5.47. The van der Waals surface area contributed by atoms with Crippen molar-refractivity contribution in [3.8, 4) is 0 Å². The quantitative estimate of drug-likeness (QED) is 0.329. The van der Waals surface area contributed by atoms with E-state index in [9.17, 15) is 14.0 Å². The highest BCUT2D eigenvalue weighted by atomic mass is 19.1. The minimum absolute atomic E-state index is 0.00236. The van der Waals surface area contributed by atoms with Crippen LogP contribution in [0, 0.1) is 0 Å². The molecule has 1 aliphatic rings. The van der Waals surface area contributed by atoms with Gasteiger partial charge in [0.2, 0.25) is 11.8 Å². The van der Waals surface area contributed by atoms with Gasteiger partial charge in [-0.3, -0.25) is 9.59 Å². The number of H-pyrrole nitrogens is 1. The molecule has 4 aromatic rings. The van der Waals surface area contributed by atoms with Gasteiger partial charge in [0.15, 0.2) is 0 Å². The second kappa shape index (κ2) is 11.2. The molecule has 3 atom stereocenters. The molecule has 1 aliphatic heterocycles. The maximum Gasteiger partial charge on any atom is 0.243 e. The fourth-order valence-electron chi connectivity index (χ4n) is 5.23. The molecule has 0 saturated carbocycles. The number of hydrogen-bond acceptors (Lipinski definition) is 3. The zero-order chi connectivity index (χ0) is 26.6. The minimum atomic E-state index is -1.23. The summed E-state index contributed by atoms with van der Waals surface area (Å²) in [5, 5.41) is 4.09. The monoisotopic (exact) mass is 512 g/mol. The molecular weight excluding hydrogens is 479 g/mol. The second-order valence-electron chi connectivity index (χ2n) is 10.3. The van der Waals surface area contributed by atoms with Crippen LogP contribution in [0.5, 0.6) is 0 Å². The van der Waals surface area contributed by atoms with Gasteiger partial charge >= 0.3 is 0 Å². The normalized spacial score (nSPS) is 18.2. The third-order valence-electron chi connectivity index (χ3n) is 7.37. The van der Waals surface area contributed by atoms with E-state index in [1.54, 1.807) is 6.20 Å². The summed E-state index contributed by atoms with van der Waals surface area (Å²) in [6.07, 6.45) is 3.02. The van der Waals surface area contributed by atoms with Crippen LogP contribution in [0.4, 0.5) is 4.39 Å². The van der Waals surface area contributed by atoms with Crippen LogP contribution in [0.3, 0.4) is 0 Å². The van der Waals surface area contributed by atoms with Gasteiger partial charge in [-0.15, -0.1) is 0 Å². The summed E-state index contributed by atoms with van der Waals surface area (Å²) in [6, 6.07) is 20.5. The number of hydrogen-bond donors (Lipinski definition) is 2. The van der Waals surface area contributed by atoms with E-state index in [0.717, 1.165) is 27.7 Å². The van der Waals surface area contributed by atoms with Crippen molar-refractivity contribution in [2.75, 3.05) is 6.54 Å². The molecule has 2 aromatic carbocycles. The first kappa shape index (κ1) is 25.6. The summed E-state index contributed by atoms with van der Waals surface area (Å²) in [7, 11) is 0. The standard InChI is InChI=1S/C31H33FN4O2/c1-20(2)21-10-12-23(13-11-21)29(22-7-4-3-5-8-22)35-31(38)27-17-25(32)19-36(27)28(37)15-14-24-18-34-30-26(24)9-6-16-33-30/h3-13,16,18,20,25,27,29H,14-15,17,19H2,1-2H3,(H,33,34)(H,35,38)/t25-,27+,29+/m1/s1. The number of benzene rings is 2. The molecule has 1 saturated heterocycles. The molecule has 0 spiro atoms. The summed E-state index contributed by atoms with van der Waals surface area (Å²) < 4.78 is 14.6. The van der Waals surface area contributed by atoms with E-state index >= 15 is 0 Å². The molecule has 3 heterocycles. The molecule has 6 nitrogen and oxygen atoms in total. The van der Waals surface area contributed by atoms with Gasteiger partial charge in [-0.1, -0.05) is 68.4 Å². The summed E-state index contributed by atoms with van der Waals surface area (Å²) in [5.41, 5.74) is 4.83. The number of aromatic amines is 1.